The van der Waals surface area contributed by atoms with Gasteiger partial charge in [0.15, 0.2) is 0 Å². The summed E-state index contributed by atoms with van der Waals surface area (Å²) in [4.78, 5) is 24.1. The molecule has 3 atom stereocenters. The molecule has 0 aromatic heterocycles. The second kappa shape index (κ2) is 2.80. The molecule has 0 aromatic rings. The number of imide groups is 1. The molecule has 1 saturated carbocycles. The Morgan fingerprint density at radius 2 is 2.00 bits per heavy atom. The van der Waals surface area contributed by atoms with Gasteiger partial charge >= 0.3 is 0 Å². The first-order chi connectivity index (χ1) is 6.11. The second-order valence-corrected chi connectivity index (χ2v) is 3.91. The number of fused-ring (bicyclic) bond motifs is 1. The minimum Gasteiger partial charge on any atom is -0.393 e. The Bertz CT molecular complexity index is 242. The molecule has 0 radical (unpaired) electrons. The quantitative estimate of drug-likeness (QED) is 0.614. The summed E-state index contributed by atoms with van der Waals surface area (Å²) in [5, 5.41) is 9.01. The molecule has 13 heavy (non-hydrogen) atoms. The Kier molecular flexibility index (Phi) is 1.87. The van der Waals surface area contributed by atoms with E-state index in [2.05, 4.69) is 0 Å². The van der Waals surface area contributed by atoms with Crippen LogP contribution in [0.1, 0.15) is 19.8 Å². The number of hydrogen-bond donors (Lipinski definition) is 1. The van der Waals surface area contributed by atoms with Gasteiger partial charge in [0.05, 0.1) is 17.9 Å². The van der Waals surface area contributed by atoms with Crippen LogP contribution in [0.25, 0.3) is 0 Å². The summed E-state index contributed by atoms with van der Waals surface area (Å²) >= 11 is 0. The van der Waals surface area contributed by atoms with Crippen molar-refractivity contribution in [1.29, 1.82) is 0 Å². The molecule has 1 saturated heterocycles. The lowest BCUT2D eigenvalue weighted by Crippen LogP contribution is -2.34. The van der Waals surface area contributed by atoms with Gasteiger partial charge in [-0.05, 0) is 19.8 Å². The maximum Gasteiger partial charge on any atom is 0.233 e. The van der Waals surface area contributed by atoms with Crippen molar-refractivity contribution in [3.63, 3.8) is 0 Å². The first kappa shape index (κ1) is 8.69. The van der Waals surface area contributed by atoms with Gasteiger partial charge < -0.3 is 5.11 Å². The molecule has 0 bridgehead atoms. The van der Waals surface area contributed by atoms with Gasteiger partial charge in [-0.15, -0.1) is 0 Å². The standard InChI is InChI=1S/C9H13NO3/c1-5(11)2-3-10-8(12)6-4-7(6)9(10)13/h5-7,11H,2-4H2,1H3. The van der Waals surface area contributed by atoms with Crippen LogP contribution in [0.2, 0.25) is 0 Å². The molecule has 1 N–H and O–H groups in total. The van der Waals surface area contributed by atoms with Crippen molar-refractivity contribution < 1.29 is 14.7 Å². The van der Waals surface area contributed by atoms with Gasteiger partial charge in [0.2, 0.25) is 11.8 Å². The smallest absolute Gasteiger partial charge is 0.233 e. The maximum absolute atomic E-state index is 11.4. The van der Waals surface area contributed by atoms with Gasteiger partial charge in [-0.2, -0.15) is 0 Å². The predicted octanol–water partition coefficient (Wildman–Crippen LogP) is -0.238. The Labute approximate surface area is 76.5 Å². The van der Waals surface area contributed by atoms with Crippen molar-refractivity contribution >= 4 is 11.8 Å². The number of aliphatic hydroxyl groups is 1. The fraction of sp³-hybridized carbons (Fsp3) is 0.778. The minimum absolute atomic E-state index is 0.0125. The fourth-order valence-electron chi connectivity index (χ4n) is 1.79. The van der Waals surface area contributed by atoms with E-state index in [0.29, 0.717) is 13.0 Å². The maximum atomic E-state index is 11.4. The lowest BCUT2D eigenvalue weighted by atomic mass is 10.2. The molecule has 1 heterocycles. The Morgan fingerprint density at radius 3 is 2.46 bits per heavy atom. The van der Waals surface area contributed by atoms with Crippen molar-refractivity contribution in [2.75, 3.05) is 6.54 Å². The highest BCUT2D eigenvalue weighted by molar-refractivity contribution is 6.08. The van der Waals surface area contributed by atoms with Crippen molar-refractivity contribution in [3.05, 3.63) is 0 Å². The number of likely N-dealkylation sites (tertiary alicyclic amines) is 1. The van der Waals surface area contributed by atoms with Crippen LogP contribution in [0.4, 0.5) is 0 Å². The molecule has 1 aliphatic carbocycles. The summed E-state index contributed by atoms with van der Waals surface area (Å²) in [6.07, 6.45) is 0.789. The third-order valence-corrected chi connectivity index (χ3v) is 2.73. The average Bonchev–Trinajstić information content (AvgIpc) is 2.77. The predicted molar refractivity (Wildman–Crippen MR) is 44.6 cm³/mol. The van der Waals surface area contributed by atoms with Gasteiger partial charge in [-0.1, -0.05) is 0 Å². The highest BCUT2D eigenvalue weighted by Crippen LogP contribution is 2.46. The number of amides is 2. The van der Waals surface area contributed by atoms with Crippen molar-refractivity contribution in [2.24, 2.45) is 11.8 Å². The third-order valence-electron chi connectivity index (χ3n) is 2.73. The Balaban J connectivity index is 1.93. The van der Waals surface area contributed by atoms with E-state index in [4.69, 9.17) is 5.11 Å². The highest BCUT2D eigenvalue weighted by Gasteiger charge is 2.58. The minimum atomic E-state index is -0.447. The van der Waals surface area contributed by atoms with E-state index in [1.54, 1.807) is 6.92 Å². The first-order valence-electron chi connectivity index (χ1n) is 4.64. The molecule has 0 aromatic carbocycles. The van der Waals surface area contributed by atoms with E-state index in [-0.39, 0.29) is 23.7 Å². The molecule has 4 heteroatoms. The summed E-state index contributed by atoms with van der Waals surface area (Å²) in [5.41, 5.74) is 0. The fourth-order valence-corrected chi connectivity index (χ4v) is 1.79. The number of hydrogen-bond acceptors (Lipinski definition) is 3. The highest BCUT2D eigenvalue weighted by atomic mass is 16.3. The average molecular weight is 183 g/mol. The van der Waals surface area contributed by atoms with Gasteiger partial charge in [0, 0.05) is 6.54 Å². The molecule has 2 aliphatic rings. The molecule has 0 spiro atoms. The monoisotopic (exact) mass is 183 g/mol. The summed E-state index contributed by atoms with van der Waals surface area (Å²) in [6.45, 7) is 2.04. The normalized spacial score (nSPS) is 33.5. The Morgan fingerprint density at radius 1 is 1.46 bits per heavy atom. The van der Waals surface area contributed by atoms with E-state index < -0.39 is 6.10 Å². The molecule has 4 nitrogen and oxygen atoms in total. The summed E-state index contributed by atoms with van der Waals surface area (Å²) in [7, 11) is 0. The van der Waals surface area contributed by atoms with Crippen LogP contribution in [0, 0.1) is 11.8 Å². The molecule has 3 unspecified atom stereocenters. The van der Waals surface area contributed by atoms with Gasteiger partial charge in [0.25, 0.3) is 0 Å². The topological polar surface area (TPSA) is 57.6 Å². The number of carbonyl (C=O) groups excluding carboxylic acids is 2. The summed E-state index contributed by atoms with van der Waals surface area (Å²) < 4.78 is 0. The summed E-state index contributed by atoms with van der Waals surface area (Å²) in [5.74, 6) is -0.0886. The van der Waals surface area contributed by atoms with Crippen LogP contribution >= 0.6 is 0 Å². The third kappa shape index (κ3) is 1.35. The molecular formula is C9H13NO3. The molecule has 72 valence electrons. The SMILES string of the molecule is CC(O)CCN1C(=O)C2CC2C1=O. The lowest BCUT2D eigenvalue weighted by molar-refractivity contribution is -0.141. The van der Waals surface area contributed by atoms with E-state index >= 15 is 0 Å². The van der Waals surface area contributed by atoms with Gasteiger partial charge in [0.1, 0.15) is 0 Å². The van der Waals surface area contributed by atoms with Crippen molar-refractivity contribution in [1.82, 2.24) is 4.90 Å². The second-order valence-electron chi connectivity index (χ2n) is 3.91. The number of nitrogens with zero attached hydrogens (tertiary/aromatic N) is 1. The number of piperidine rings is 1. The van der Waals surface area contributed by atoms with Crippen LogP contribution in [0.15, 0.2) is 0 Å². The van der Waals surface area contributed by atoms with Crippen LogP contribution in [0.3, 0.4) is 0 Å². The van der Waals surface area contributed by atoms with E-state index in [1.807, 2.05) is 0 Å². The number of carbonyl (C=O) groups is 2. The molecule has 2 amide bonds. The van der Waals surface area contributed by atoms with Crippen LogP contribution in [-0.4, -0.2) is 34.5 Å². The Hall–Kier alpha value is -0.900. The van der Waals surface area contributed by atoms with Crippen molar-refractivity contribution in [3.8, 4) is 0 Å². The van der Waals surface area contributed by atoms with Gasteiger partial charge in [-0.3, -0.25) is 14.5 Å². The zero-order chi connectivity index (χ0) is 9.59. The summed E-state index contributed by atoms with van der Waals surface area (Å²) in [6, 6.07) is 0. The molecule has 2 rings (SSSR count). The molecular weight excluding hydrogens is 170 g/mol. The van der Waals surface area contributed by atoms with E-state index in [0.717, 1.165) is 6.42 Å². The van der Waals surface area contributed by atoms with Crippen LogP contribution in [-0.2, 0) is 9.59 Å². The van der Waals surface area contributed by atoms with Crippen LogP contribution < -0.4 is 0 Å². The largest absolute Gasteiger partial charge is 0.393 e. The zero-order valence-corrected chi connectivity index (χ0v) is 7.56. The van der Waals surface area contributed by atoms with Gasteiger partial charge in [-0.25, -0.2) is 0 Å². The molecule has 1 aliphatic heterocycles. The lowest BCUT2D eigenvalue weighted by Gasteiger charge is -2.16. The van der Waals surface area contributed by atoms with E-state index in [1.165, 1.54) is 4.90 Å². The zero-order valence-electron chi connectivity index (χ0n) is 7.56. The van der Waals surface area contributed by atoms with Crippen molar-refractivity contribution in [2.45, 2.75) is 25.9 Å². The molecule has 2 fully saturated rings. The number of rotatable bonds is 3. The first-order valence-corrected chi connectivity index (χ1v) is 4.64. The van der Waals surface area contributed by atoms with E-state index in [9.17, 15) is 9.59 Å². The number of aliphatic hydroxyl groups excluding tert-OH is 1. The van der Waals surface area contributed by atoms with Crippen LogP contribution in [0.5, 0.6) is 0 Å².